The van der Waals surface area contributed by atoms with E-state index in [0.717, 1.165) is 42.2 Å². The molecule has 0 saturated carbocycles. The number of rotatable bonds is 3. The minimum Gasteiger partial charge on any atom is -0.373 e. The van der Waals surface area contributed by atoms with Crippen LogP contribution in [0.15, 0.2) is 97.2 Å². The van der Waals surface area contributed by atoms with Gasteiger partial charge in [0, 0.05) is 64.0 Å². The second kappa shape index (κ2) is 11.5. The molecule has 0 fully saturated rings. The Morgan fingerprint density at radius 2 is 1.68 bits per heavy atom. The minimum atomic E-state index is 0.824. The van der Waals surface area contributed by atoms with E-state index in [4.69, 9.17) is 16.6 Å². The second-order valence-corrected chi connectivity index (χ2v) is 12.4. The van der Waals surface area contributed by atoms with Gasteiger partial charge in [0.1, 0.15) is 0 Å². The third kappa shape index (κ3) is 5.12. The number of nitrogens with zero attached hydrogens (tertiary/aromatic N) is 2. The number of benzene rings is 4. The van der Waals surface area contributed by atoms with Gasteiger partial charge in [0.05, 0.1) is 5.52 Å². The van der Waals surface area contributed by atoms with Gasteiger partial charge in [-0.15, -0.1) is 0 Å². The Balaban J connectivity index is 0.000000136. The first kappa shape index (κ1) is 27.0. The Kier molecular flexibility index (Phi) is 7.04. The Bertz CT molecular complexity index is 2300. The van der Waals surface area contributed by atoms with Crippen LogP contribution in [0.5, 0.6) is 0 Å². The highest BCUT2D eigenvalue weighted by Gasteiger charge is 2.16. The number of aromatic amines is 1. The van der Waals surface area contributed by atoms with Crippen LogP contribution in [0.1, 0.15) is 40.9 Å². The summed E-state index contributed by atoms with van der Waals surface area (Å²) in [6, 6.07) is 31.9. The smallest absolute Gasteiger partial charge is 0.0705 e. The van der Waals surface area contributed by atoms with Crippen LogP contribution in [0, 0.1) is 10.4 Å². The van der Waals surface area contributed by atoms with Crippen molar-refractivity contribution in [2.75, 3.05) is 6.54 Å². The average Bonchev–Trinajstić information content (AvgIpc) is 3.45. The molecule has 4 heteroatoms. The maximum atomic E-state index is 6.09. The van der Waals surface area contributed by atoms with E-state index in [0.29, 0.717) is 0 Å². The zero-order chi connectivity index (χ0) is 29.5. The fourth-order valence-corrected chi connectivity index (χ4v) is 7.19. The van der Waals surface area contributed by atoms with Crippen molar-refractivity contribution in [3.05, 3.63) is 151 Å². The molecule has 44 heavy (non-hydrogen) atoms. The molecule has 9 rings (SSSR count). The molecule has 216 valence electrons. The van der Waals surface area contributed by atoms with Gasteiger partial charge >= 0.3 is 0 Å². The SMILES string of the molecule is C1=CN(CCc2ccc3ccccc3n2)Cc2c1[nH]c1ccccc21.Clc1ccc2c(c1)=CCc1c3c(ccc1=2)=CCCC3. The zero-order valence-corrected chi connectivity index (χ0v) is 25.4. The quantitative estimate of drug-likeness (QED) is 0.227. The van der Waals surface area contributed by atoms with Gasteiger partial charge in [-0.25, -0.2) is 0 Å². The molecular formula is C40H34ClN3. The van der Waals surface area contributed by atoms with E-state index in [9.17, 15) is 0 Å². The van der Waals surface area contributed by atoms with Crippen molar-refractivity contribution < 1.29 is 0 Å². The lowest BCUT2D eigenvalue weighted by molar-refractivity contribution is 0.371. The number of H-pyrrole nitrogens is 1. The topological polar surface area (TPSA) is 31.9 Å². The van der Waals surface area contributed by atoms with Crippen LogP contribution in [-0.2, 0) is 25.8 Å². The summed E-state index contributed by atoms with van der Waals surface area (Å²) in [4.78, 5) is 10.7. The monoisotopic (exact) mass is 591 g/mol. The summed E-state index contributed by atoms with van der Waals surface area (Å²) in [6.45, 7) is 1.92. The summed E-state index contributed by atoms with van der Waals surface area (Å²) in [6.07, 6.45) is 14.8. The Morgan fingerprint density at radius 3 is 2.66 bits per heavy atom. The molecule has 2 aromatic heterocycles. The number of para-hydroxylation sites is 2. The maximum Gasteiger partial charge on any atom is 0.0705 e. The number of nitrogens with one attached hydrogen (secondary N) is 1. The van der Waals surface area contributed by atoms with Crippen molar-refractivity contribution >= 4 is 51.6 Å². The van der Waals surface area contributed by atoms with Crippen LogP contribution in [0.2, 0.25) is 5.02 Å². The van der Waals surface area contributed by atoms with Gasteiger partial charge in [-0.1, -0.05) is 84.4 Å². The van der Waals surface area contributed by atoms with E-state index in [1.54, 1.807) is 5.56 Å². The van der Waals surface area contributed by atoms with Gasteiger partial charge in [-0.05, 0) is 94.1 Å². The third-order valence-electron chi connectivity index (χ3n) is 9.26. The van der Waals surface area contributed by atoms with Crippen LogP contribution in [0.3, 0.4) is 0 Å². The lowest BCUT2D eigenvalue weighted by atomic mass is 9.89. The number of hydrogen-bond donors (Lipinski definition) is 1. The zero-order valence-electron chi connectivity index (χ0n) is 24.7. The van der Waals surface area contributed by atoms with Crippen LogP contribution in [0.25, 0.3) is 40.0 Å². The number of aromatic nitrogens is 2. The number of hydrogen-bond acceptors (Lipinski definition) is 2. The van der Waals surface area contributed by atoms with Crippen LogP contribution >= 0.6 is 11.6 Å². The van der Waals surface area contributed by atoms with Gasteiger partial charge in [0.15, 0.2) is 0 Å². The average molecular weight is 592 g/mol. The van der Waals surface area contributed by atoms with Gasteiger partial charge in [-0.2, -0.15) is 0 Å². The molecule has 1 aliphatic heterocycles. The molecule has 6 aromatic rings. The van der Waals surface area contributed by atoms with E-state index in [2.05, 4.69) is 113 Å². The minimum absolute atomic E-state index is 0.824. The molecule has 4 aromatic carbocycles. The number of pyridine rings is 1. The first-order valence-electron chi connectivity index (χ1n) is 15.7. The molecule has 0 bridgehead atoms. The predicted molar refractivity (Wildman–Crippen MR) is 184 cm³/mol. The summed E-state index contributed by atoms with van der Waals surface area (Å²) < 4.78 is 0. The van der Waals surface area contributed by atoms with Crippen molar-refractivity contribution in [3.8, 4) is 0 Å². The molecule has 0 radical (unpaired) electrons. The standard InChI is InChI=1S/C22H19N3.C18H15Cl/c1-3-7-20-16(5-1)9-10-17(23-20)11-13-25-14-12-22-19(15-25)18-6-2-4-8-21(18)24-22;19-14-7-10-16-13(11-14)6-9-17-15-4-2-1-3-12(15)5-8-18(16)17/h1-10,12,14,24H,11,13,15H2;3,5-8,10-11H,1-2,4,9H2. The molecule has 0 amide bonds. The fourth-order valence-electron chi connectivity index (χ4n) is 7.01. The summed E-state index contributed by atoms with van der Waals surface area (Å²) in [5.41, 5.74) is 9.18. The molecule has 3 nitrogen and oxygen atoms in total. The van der Waals surface area contributed by atoms with Crippen molar-refractivity contribution in [1.82, 2.24) is 14.9 Å². The van der Waals surface area contributed by atoms with E-state index < -0.39 is 0 Å². The number of fused-ring (bicyclic) bond motifs is 8. The first-order chi connectivity index (χ1) is 21.7. The molecular weight excluding hydrogens is 558 g/mol. The molecule has 0 saturated heterocycles. The highest BCUT2D eigenvalue weighted by atomic mass is 35.5. The van der Waals surface area contributed by atoms with Crippen molar-refractivity contribution in [2.45, 2.75) is 38.6 Å². The van der Waals surface area contributed by atoms with E-state index in [1.165, 1.54) is 73.2 Å². The molecule has 2 aliphatic carbocycles. The first-order valence-corrected chi connectivity index (χ1v) is 16.0. The predicted octanol–water partition coefficient (Wildman–Crippen LogP) is 7.83. The van der Waals surface area contributed by atoms with Gasteiger partial charge in [0.25, 0.3) is 0 Å². The third-order valence-corrected chi connectivity index (χ3v) is 9.50. The Labute approximate surface area is 262 Å². The molecule has 0 atom stereocenters. The van der Waals surface area contributed by atoms with Crippen molar-refractivity contribution in [1.29, 1.82) is 0 Å². The van der Waals surface area contributed by atoms with Crippen molar-refractivity contribution in [2.24, 2.45) is 0 Å². The molecule has 1 N–H and O–H groups in total. The normalized spacial score (nSPS) is 14.4. The van der Waals surface area contributed by atoms with Crippen LogP contribution < -0.4 is 10.4 Å². The molecule has 0 unspecified atom stereocenters. The van der Waals surface area contributed by atoms with Crippen LogP contribution in [0.4, 0.5) is 0 Å². The molecule has 0 spiro atoms. The highest BCUT2D eigenvalue weighted by Crippen LogP contribution is 2.28. The summed E-state index contributed by atoms with van der Waals surface area (Å²) >= 11 is 6.09. The highest BCUT2D eigenvalue weighted by molar-refractivity contribution is 6.30. The van der Waals surface area contributed by atoms with Crippen LogP contribution in [-0.4, -0.2) is 21.4 Å². The largest absolute Gasteiger partial charge is 0.373 e. The summed E-state index contributed by atoms with van der Waals surface area (Å²) in [5.74, 6) is 0. The fraction of sp³-hybridized carbons (Fsp3) is 0.175. The molecule has 3 heterocycles. The van der Waals surface area contributed by atoms with E-state index >= 15 is 0 Å². The van der Waals surface area contributed by atoms with Gasteiger partial charge in [0.2, 0.25) is 0 Å². The summed E-state index contributed by atoms with van der Waals surface area (Å²) in [5, 5.41) is 8.82. The Hall–Kier alpha value is -4.60. The Morgan fingerprint density at radius 1 is 0.795 bits per heavy atom. The lowest BCUT2D eigenvalue weighted by Gasteiger charge is -2.23. The van der Waals surface area contributed by atoms with Gasteiger partial charge in [-0.3, -0.25) is 4.98 Å². The summed E-state index contributed by atoms with van der Waals surface area (Å²) in [7, 11) is 0. The number of halogens is 1. The lowest BCUT2D eigenvalue weighted by Crippen LogP contribution is -2.22. The van der Waals surface area contributed by atoms with Crippen molar-refractivity contribution in [3.63, 3.8) is 0 Å². The van der Waals surface area contributed by atoms with E-state index in [-0.39, 0.29) is 0 Å². The maximum absolute atomic E-state index is 6.09. The second-order valence-electron chi connectivity index (χ2n) is 12.0. The van der Waals surface area contributed by atoms with Gasteiger partial charge < -0.3 is 9.88 Å². The van der Waals surface area contributed by atoms with E-state index in [1.807, 2.05) is 12.1 Å². The molecule has 3 aliphatic rings.